The van der Waals surface area contributed by atoms with Gasteiger partial charge in [0.1, 0.15) is 6.04 Å². The molecule has 0 spiro atoms. The molecule has 0 aliphatic carbocycles. The van der Waals surface area contributed by atoms with Gasteiger partial charge in [-0.1, -0.05) is 42.5 Å². The van der Waals surface area contributed by atoms with Gasteiger partial charge in [0.15, 0.2) is 0 Å². The average Bonchev–Trinajstić information content (AvgIpc) is 2.61. The molecule has 1 heterocycles. The monoisotopic (exact) mass is 355 g/mol. The van der Waals surface area contributed by atoms with Crippen molar-refractivity contribution in [3.8, 4) is 0 Å². The summed E-state index contributed by atoms with van der Waals surface area (Å²) in [5, 5.41) is 1.23. The molecule has 0 unspecified atom stereocenters. The molecule has 0 saturated carbocycles. The molecule has 0 radical (unpaired) electrons. The lowest BCUT2D eigenvalue weighted by Gasteiger charge is -2.16. The zero-order chi connectivity index (χ0) is 17.9. The molecule has 25 heavy (non-hydrogen) atoms. The van der Waals surface area contributed by atoms with Crippen LogP contribution in [0.4, 0.5) is 0 Å². The molecule has 0 aliphatic rings. The second-order valence-corrected chi connectivity index (χ2v) is 7.30. The summed E-state index contributed by atoms with van der Waals surface area (Å²) in [4.78, 5) is 15.8. The van der Waals surface area contributed by atoms with E-state index in [1.54, 1.807) is 24.4 Å². The summed E-state index contributed by atoms with van der Waals surface area (Å²) in [7, 11) is -3.93. The van der Waals surface area contributed by atoms with Gasteiger partial charge >= 0.3 is 0 Å². The van der Waals surface area contributed by atoms with E-state index in [4.69, 9.17) is 5.73 Å². The molecule has 0 fully saturated rings. The minimum Gasteiger partial charge on any atom is -0.368 e. The molecule has 1 aromatic heterocycles. The van der Waals surface area contributed by atoms with Crippen LogP contribution in [0.5, 0.6) is 0 Å². The summed E-state index contributed by atoms with van der Waals surface area (Å²) >= 11 is 0. The Morgan fingerprint density at radius 1 is 1.08 bits per heavy atom. The lowest BCUT2D eigenvalue weighted by Crippen LogP contribution is -2.45. The molecule has 1 amide bonds. The quantitative estimate of drug-likeness (QED) is 0.701. The molecule has 0 saturated heterocycles. The molecule has 2 aromatic carbocycles. The van der Waals surface area contributed by atoms with Gasteiger partial charge in [-0.25, -0.2) is 8.42 Å². The number of rotatable bonds is 6. The number of primary amides is 1. The molecule has 128 valence electrons. The van der Waals surface area contributed by atoms with Crippen LogP contribution in [-0.2, 0) is 21.2 Å². The Bertz CT molecular complexity index is 999. The number of fused-ring (bicyclic) bond motifs is 1. The van der Waals surface area contributed by atoms with Crippen LogP contribution in [0.3, 0.4) is 0 Å². The highest BCUT2D eigenvalue weighted by molar-refractivity contribution is 7.89. The molecule has 1 atom stereocenters. The standard InChI is InChI=1S/C18H17N3O3S/c19-18(22)16(11-13-5-2-1-3-6-13)21-25(23,24)17-8-4-7-14-12-20-10-9-15(14)17/h1-10,12,16,21H,11H2,(H2,19,22)/t16-/m0/s1. The maximum absolute atomic E-state index is 12.8. The highest BCUT2D eigenvalue weighted by Crippen LogP contribution is 2.22. The van der Waals surface area contributed by atoms with Crippen LogP contribution in [0.1, 0.15) is 5.56 Å². The van der Waals surface area contributed by atoms with Gasteiger partial charge in [0.05, 0.1) is 4.90 Å². The second-order valence-electron chi connectivity index (χ2n) is 5.62. The maximum Gasteiger partial charge on any atom is 0.241 e. The van der Waals surface area contributed by atoms with Gasteiger partial charge in [0.25, 0.3) is 0 Å². The summed E-state index contributed by atoms with van der Waals surface area (Å²) in [6, 6.07) is 14.6. The molecular formula is C18H17N3O3S. The van der Waals surface area contributed by atoms with E-state index in [1.807, 2.05) is 30.3 Å². The van der Waals surface area contributed by atoms with Crippen molar-refractivity contribution in [3.63, 3.8) is 0 Å². The van der Waals surface area contributed by atoms with Crippen molar-refractivity contribution in [2.24, 2.45) is 5.73 Å². The molecule has 3 N–H and O–H groups in total. The normalized spacial score (nSPS) is 12.8. The largest absolute Gasteiger partial charge is 0.368 e. The van der Waals surface area contributed by atoms with Gasteiger partial charge in [-0.2, -0.15) is 4.72 Å². The van der Waals surface area contributed by atoms with Crippen molar-refractivity contribution in [1.82, 2.24) is 9.71 Å². The average molecular weight is 355 g/mol. The third-order valence-electron chi connectivity index (χ3n) is 3.85. The fraction of sp³-hybridized carbons (Fsp3) is 0.111. The Morgan fingerprint density at radius 2 is 1.84 bits per heavy atom. The number of carbonyl (C=O) groups excluding carboxylic acids is 1. The zero-order valence-corrected chi connectivity index (χ0v) is 14.1. The SMILES string of the molecule is NC(=O)[C@H](Cc1ccccc1)NS(=O)(=O)c1cccc2cnccc12. The summed E-state index contributed by atoms with van der Waals surface area (Å²) in [5.41, 5.74) is 6.22. The molecular weight excluding hydrogens is 338 g/mol. The number of amides is 1. The van der Waals surface area contributed by atoms with Gasteiger partial charge in [-0.15, -0.1) is 0 Å². The van der Waals surface area contributed by atoms with Crippen LogP contribution in [-0.4, -0.2) is 25.4 Å². The number of hydrogen-bond donors (Lipinski definition) is 2. The number of carbonyl (C=O) groups is 1. The Balaban J connectivity index is 1.94. The maximum atomic E-state index is 12.8. The van der Waals surface area contributed by atoms with Crippen LogP contribution in [0.15, 0.2) is 71.9 Å². The van der Waals surface area contributed by atoms with E-state index < -0.39 is 22.0 Å². The van der Waals surface area contributed by atoms with Crippen LogP contribution >= 0.6 is 0 Å². The fourth-order valence-electron chi connectivity index (χ4n) is 2.63. The molecule has 7 heteroatoms. The minimum absolute atomic E-state index is 0.0895. The highest BCUT2D eigenvalue weighted by atomic mass is 32.2. The summed E-state index contributed by atoms with van der Waals surface area (Å²) in [6.45, 7) is 0. The first-order valence-electron chi connectivity index (χ1n) is 7.66. The van der Waals surface area contributed by atoms with Crippen LogP contribution in [0, 0.1) is 0 Å². The van der Waals surface area contributed by atoms with Gasteiger partial charge < -0.3 is 5.73 Å². The van der Waals surface area contributed by atoms with Crippen molar-refractivity contribution in [3.05, 3.63) is 72.6 Å². The van der Waals surface area contributed by atoms with Gasteiger partial charge in [-0.3, -0.25) is 9.78 Å². The van der Waals surface area contributed by atoms with Crippen LogP contribution in [0.2, 0.25) is 0 Å². The first kappa shape index (κ1) is 17.1. The van der Waals surface area contributed by atoms with E-state index >= 15 is 0 Å². The van der Waals surface area contributed by atoms with Crippen molar-refractivity contribution < 1.29 is 13.2 Å². The van der Waals surface area contributed by atoms with Crippen molar-refractivity contribution in [2.45, 2.75) is 17.4 Å². The second kappa shape index (κ2) is 7.00. The molecule has 6 nitrogen and oxygen atoms in total. The van der Waals surface area contributed by atoms with Crippen molar-refractivity contribution >= 4 is 26.7 Å². The lowest BCUT2D eigenvalue weighted by molar-refractivity contribution is -0.119. The van der Waals surface area contributed by atoms with Crippen molar-refractivity contribution in [2.75, 3.05) is 0 Å². The van der Waals surface area contributed by atoms with E-state index in [9.17, 15) is 13.2 Å². The number of nitrogens with one attached hydrogen (secondary N) is 1. The fourth-order valence-corrected chi connectivity index (χ4v) is 4.06. The molecule has 0 bridgehead atoms. The lowest BCUT2D eigenvalue weighted by atomic mass is 10.1. The molecule has 3 aromatic rings. The third kappa shape index (κ3) is 3.84. The van der Waals surface area contributed by atoms with E-state index in [2.05, 4.69) is 9.71 Å². The number of nitrogens with zero attached hydrogens (tertiary/aromatic N) is 1. The van der Waals surface area contributed by atoms with E-state index in [0.29, 0.717) is 10.8 Å². The summed E-state index contributed by atoms with van der Waals surface area (Å²) in [5.74, 6) is -0.727. The first-order chi connectivity index (χ1) is 12.0. The Kier molecular flexibility index (Phi) is 4.78. The van der Waals surface area contributed by atoms with E-state index in [1.165, 1.54) is 12.3 Å². The predicted octanol–water partition coefficient (Wildman–Crippen LogP) is 1.61. The van der Waals surface area contributed by atoms with Gasteiger partial charge in [0, 0.05) is 23.2 Å². The van der Waals surface area contributed by atoms with Crippen molar-refractivity contribution in [1.29, 1.82) is 0 Å². The highest BCUT2D eigenvalue weighted by Gasteiger charge is 2.25. The number of sulfonamides is 1. The Hall–Kier alpha value is -2.77. The summed E-state index contributed by atoms with van der Waals surface area (Å²) < 4.78 is 28.1. The zero-order valence-electron chi connectivity index (χ0n) is 13.3. The number of benzene rings is 2. The predicted molar refractivity (Wildman–Crippen MR) is 95.2 cm³/mol. The Labute approximate surface area is 145 Å². The third-order valence-corrected chi connectivity index (χ3v) is 5.38. The molecule has 0 aliphatic heterocycles. The number of nitrogens with two attached hydrogens (primary N) is 1. The van der Waals surface area contributed by atoms with Crippen LogP contribution in [0.25, 0.3) is 10.8 Å². The van der Waals surface area contributed by atoms with Gasteiger partial charge in [0.2, 0.25) is 15.9 Å². The summed E-state index contributed by atoms with van der Waals surface area (Å²) in [6.07, 6.45) is 3.29. The number of pyridine rings is 1. The first-order valence-corrected chi connectivity index (χ1v) is 9.14. The molecule has 3 rings (SSSR count). The van der Waals surface area contributed by atoms with E-state index in [-0.39, 0.29) is 11.3 Å². The minimum atomic E-state index is -3.93. The number of aromatic nitrogens is 1. The van der Waals surface area contributed by atoms with Gasteiger partial charge in [-0.05, 0) is 24.1 Å². The van der Waals surface area contributed by atoms with E-state index in [0.717, 1.165) is 5.56 Å². The smallest absolute Gasteiger partial charge is 0.241 e. The Morgan fingerprint density at radius 3 is 2.56 bits per heavy atom. The topological polar surface area (TPSA) is 102 Å². The van der Waals surface area contributed by atoms with Crippen LogP contribution < -0.4 is 10.5 Å². The number of hydrogen-bond acceptors (Lipinski definition) is 4.